The zero-order chi connectivity index (χ0) is 16.3. The summed E-state index contributed by atoms with van der Waals surface area (Å²) in [4.78, 5) is 29.8. The summed E-state index contributed by atoms with van der Waals surface area (Å²) >= 11 is 1.13. The fourth-order valence-corrected chi connectivity index (χ4v) is 2.89. The van der Waals surface area contributed by atoms with Gasteiger partial charge in [0.1, 0.15) is 5.82 Å². The van der Waals surface area contributed by atoms with Crippen molar-refractivity contribution in [1.82, 2.24) is 9.97 Å². The van der Waals surface area contributed by atoms with Crippen molar-refractivity contribution < 1.29 is 4.79 Å². The van der Waals surface area contributed by atoms with Gasteiger partial charge in [-0.05, 0) is 31.9 Å². The molecule has 2 aromatic rings. The maximum absolute atomic E-state index is 12.1. The van der Waals surface area contributed by atoms with Crippen molar-refractivity contribution in [3.63, 3.8) is 0 Å². The van der Waals surface area contributed by atoms with Crippen molar-refractivity contribution in [3.8, 4) is 0 Å². The highest BCUT2D eigenvalue weighted by Gasteiger charge is 2.10. The molecule has 0 spiro atoms. The van der Waals surface area contributed by atoms with E-state index in [1.807, 2.05) is 32.9 Å². The number of carbonyl (C=O) groups is 1. The standard InChI is InChI=1S/C15H18N4O2S/c1-8-4-9(2)14(10(3)5-8)18-13(21)7-22-15-17-11(16)6-12(20)19-15/h4-6H,7H2,1-3H3,(H,18,21)(H3,16,17,19,20). The molecule has 0 fully saturated rings. The number of thioether (sulfide) groups is 1. The molecule has 0 aliphatic rings. The SMILES string of the molecule is Cc1cc(C)c(NC(=O)CSc2nc(N)cc(=O)[nH]2)c(C)c1. The molecule has 0 unspecified atom stereocenters. The van der Waals surface area contributed by atoms with Crippen LogP contribution in [0.3, 0.4) is 0 Å². The van der Waals surface area contributed by atoms with Gasteiger partial charge in [-0.2, -0.15) is 0 Å². The van der Waals surface area contributed by atoms with Gasteiger partial charge in [-0.1, -0.05) is 29.5 Å². The first-order valence-electron chi connectivity index (χ1n) is 6.72. The Labute approximate surface area is 132 Å². The summed E-state index contributed by atoms with van der Waals surface area (Å²) in [6.07, 6.45) is 0. The number of carbonyl (C=O) groups excluding carboxylic acids is 1. The summed E-state index contributed by atoms with van der Waals surface area (Å²) in [5.74, 6) is 0.112. The number of nitrogens with two attached hydrogens (primary N) is 1. The van der Waals surface area contributed by atoms with Crippen molar-refractivity contribution in [1.29, 1.82) is 0 Å². The Balaban J connectivity index is 2.03. The Bertz CT molecular complexity index is 747. The van der Waals surface area contributed by atoms with Gasteiger partial charge in [-0.3, -0.25) is 9.59 Å². The summed E-state index contributed by atoms with van der Waals surface area (Å²) in [6.45, 7) is 5.93. The van der Waals surface area contributed by atoms with E-state index in [0.717, 1.165) is 34.1 Å². The number of hydrogen-bond acceptors (Lipinski definition) is 5. The zero-order valence-electron chi connectivity index (χ0n) is 12.7. The number of amides is 1. The molecular formula is C15H18N4O2S. The van der Waals surface area contributed by atoms with Gasteiger partial charge in [-0.25, -0.2) is 4.98 Å². The lowest BCUT2D eigenvalue weighted by Crippen LogP contribution is -2.17. The van der Waals surface area contributed by atoms with Crippen LogP contribution in [0, 0.1) is 20.8 Å². The molecule has 4 N–H and O–H groups in total. The van der Waals surface area contributed by atoms with Crippen LogP contribution in [0.25, 0.3) is 0 Å². The molecule has 0 atom stereocenters. The number of aromatic amines is 1. The first-order chi connectivity index (χ1) is 10.3. The molecule has 0 aliphatic carbocycles. The molecule has 0 bridgehead atoms. The predicted octanol–water partition coefficient (Wildman–Crippen LogP) is 2.01. The van der Waals surface area contributed by atoms with E-state index in [4.69, 9.17) is 5.73 Å². The molecule has 0 saturated carbocycles. The highest BCUT2D eigenvalue weighted by Crippen LogP contribution is 2.22. The van der Waals surface area contributed by atoms with E-state index in [1.165, 1.54) is 6.07 Å². The Morgan fingerprint density at radius 2 is 1.91 bits per heavy atom. The molecule has 22 heavy (non-hydrogen) atoms. The minimum Gasteiger partial charge on any atom is -0.383 e. The van der Waals surface area contributed by atoms with E-state index in [2.05, 4.69) is 15.3 Å². The monoisotopic (exact) mass is 318 g/mol. The molecule has 0 saturated heterocycles. The van der Waals surface area contributed by atoms with E-state index in [1.54, 1.807) is 0 Å². The van der Waals surface area contributed by atoms with Crippen molar-refractivity contribution in [2.24, 2.45) is 0 Å². The van der Waals surface area contributed by atoms with Crippen molar-refractivity contribution in [3.05, 3.63) is 45.2 Å². The number of H-pyrrole nitrogens is 1. The second-order valence-corrected chi connectivity index (χ2v) is 6.05. The fraction of sp³-hybridized carbons (Fsp3) is 0.267. The van der Waals surface area contributed by atoms with E-state index in [-0.39, 0.29) is 23.0 Å². The highest BCUT2D eigenvalue weighted by atomic mass is 32.2. The van der Waals surface area contributed by atoms with Crippen molar-refractivity contribution in [2.75, 3.05) is 16.8 Å². The number of benzene rings is 1. The molecule has 1 heterocycles. The number of aromatic nitrogens is 2. The fourth-order valence-electron chi connectivity index (χ4n) is 2.21. The second-order valence-electron chi connectivity index (χ2n) is 5.09. The molecule has 0 aliphatic heterocycles. The minimum atomic E-state index is -0.333. The first kappa shape index (κ1) is 16.1. The number of aryl methyl sites for hydroxylation is 3. The van der Waals surface area contributed by atoms with E-state index < -0.39 is 0 Å². The van der Waals surface area contributed by atoms with Crippen molar-refractivity contribution >= 4 is 29.2 Å². The number of nitrogens with one attached hydrogen (secondary N) is 2. The minimum absolute atomic E-state index is 0.136. The van der Waals surface area contributed by atoms with Crippen LogP contribution in [-0.4, -0.2) is 21.6 Å². The van der Waals surface area contributed by atoms with E-state index in [9.17, 15) is 9.59 Å². The Kier molecular flexibility index (Phi) is 4.87. The number of nitrogen functional groups attached to an aromatic ring is 1. The molecular weight excluding hydrogens is 300 g/mol. The van der Waals surface area contributed by atoms with Gasteiger partial charge < -0.3 is 16.0 Å². The van der Waals surface area contributed by atoms with Crippen LogP contribution in [0.15, 0.2) is 28.2 Å². The Morgan fingerprint density at radius 3 is 2.50 bits per heavy atom. The molecule has 7 heteroatoms. The van der Waals surface area contributed by atoms with Gasteiger partial charge in [0.2, 0.25) is 5.91 Å². The molecule has 1 aromatic heterocycles. The summed E-state index contributed by atoms with van der Waals surface area (Å²) in [5, 5.41) is 3.23. The van der Waals surface area contributed by atoms with Crippen LogP contribution in [0.5, 0.6) is 0 Å². The predicted molar refractivity (Wildman–Crippen MR) is 89.3 cm³/mol. The number of hydrogen-bond donors (Lipinski definition) is 3. The van der Waals surface area contributed by atoms with E-state index >= 15 is 0 Å². The third-order valence-electron chi connectivity index (χ3n) is 3.02. The van der Waals surface area contributed by atoms with Crippen LogP contribution in [0.4, 0.5) is 11.5 Å². The van der Waals surface area contributed by atoms with Gasteiger partial charge in [0.25, 0.3) is 5.56 Å². The molecule has 2 rings (SSSR count). The lowest BCUT2D eigenvalue weighted by Gasteiger charge is -2.12. The van der Waals surface area contributed by atoms with Crippen LogP contribution in [-0.2, 0) is 4.79 Å². The summed E-state index contributed by atoms with van der Waals surface area (Å²) < 4.78 is 0. The number of nitrogens with zero attached hydrogens (tertiary/aromatic N) is 1. The number of anilines is 2. The van der Waals surface area contributed by atoms with Gasteiger partial charge in [-0.15, -0.1) is 0 Å². The Hall–Kier alpha value is -2.28. The van der Waals surface area contributed by atoms with Gasteiger partial charge in [0, 0.05) is 11.8 Å². The lowest BCUT2D eigenvalue weighted by atomic mass is 10.1. The largest absolute Gasteiger partial charge is 0.383 e. The summed E-state index contributed by atoms with van der Waals surface area (Å²) in [7, 11) is 0. The van der Waals surface area contributed by atoms with Crippen LogP contribution >= 0.6 is 11.8 Å². The average molecular weight is 318 g/mol. The average Bonchev–Trinajstić information content (AvgIpc) is 2.39. The summed E-state index contributed by atoms with van der Waals surface area (Å²) in [6, 6.07) is 5.24. The van der Waals surface area contributed by atoms with Crippen LogP contribution in [0.2, 0.25) is 0 Å². The maximum atomic E-state index is 12.1. The van der Waals surface area contributed by atoms with Crippen molar-refractivity contribution in [2.45, 2.75) is 25.9 Å². The molecule has 1 aromatic carbocycles. The van der Waals surface area contributed by atoms with Gasteiger partial charge in [0.15, 0.2) is 5.16 Å². The third kappa shape index (κ3) is 4.11. The first-order valence-corrected chi connectivity index (χ1v) is 7.71. The normalized spacial score (nSPS) is 10.5. The van der Waals surface area contributed by atoms with Gasteiger partial charge >= 0.3 is 0 Å². The molecule has 116 valence electrons. The van der Waals surface area contributed by atoms with Crippen LogP contribution in [0.1, 0.15) is 16.7 Å². The smallest absolute Gasteiger partial charge is 0.253 e. The van der Waals surface area contributed by atoms with Gasteiger partial charge in [0.05, 0.1) is 5.75 Å². The van der Waals surface area contributed by atoms with E-state index in [0.29, 0.717) is 5.16 Å². The Morgan fingerprint density at radius 1 is 1.27 bits per heavy atom. The number of rotatable bonds is 4. The highest BCUT2D eigenvalue weighted by molar-refractivity contribution is 7.99. The molecule has 6 nitrogen and oxygen atoms in total. The topological polar surface area (TPSA) is 101 Å². The zero-order valence-corrected chi connectivity index (χ0v) is 13.5. The molecule has 0 radical (unpaired) electrons. The maximum Gasteiger partial charge on any atom is 0.253 e. The second kappa shape index (κ2) is 6.65. The summed E-state index contributed by atoms with van der Waals surface area (Å²) in [5.41, 5.74) is 9.19. The lowest BCUT2D eigenvalue weighted by molar-refractivity contribution is -0.113. The molecule has 1 amide bonds. The van der Waals surface area contributed by atoms with Crippen LogP contribution < -0.4 is 16.6 Å². The quantitative estimate of drug-likeness (QED) is 0.591. The third-order valence-corrected chi connectivity index (χ3v) is 3.89.